The number of nitrogens with one attached hydrogen (secondary N) is 1. The number of rotatable bonds is 6. The Bertz CT molecular complexity index is 813. The number of aromatic nitrogens is 3. The molecular formula is C19H23N5O2. The molecule has 1 aromatic heterocycles. The molecular weight excluding hydrogens is 330 g/mol. The van der Waals surface area contributed by atoms with E-state index in [1.165, 1.54) is 12.8 Å². The lowest BCUT2D eigenvalue weighted by molar-refractivity contribution is -0.127. The third kappa shape index (κ3) is 3.47. The Morgan fingerprint density at radius 1 is 1.23 bits per heavy atom. The summed E-state index contributed by atoms with van der Waals surface area (Å²) in [7, 11) is 0. The van der Waals surface area contributed by atoms with Gasteiger partial charge >= 0.3 is 0 Å². The minimum absolute atomic E-state index is 0.176. The molecule has 1 aliphatic carbocycles. The van der Waals surface area contributed by atoms with Crippen LogP contribution in [0.5, 0.6) is 0 Å². The van der Waals surface area contributed by atoms with Crippen molar-refractivity contribution in [2.24, 2.45) is 11.8 Å². The third-order valence-corrected chi connectivity index (χ3v) is 5.13. The van der Waals surface area contributed by atoms with E-state index in [1.807, 2.05) is 42.2 Å². The van der Waals surface area contributed by atoms with Gasteiger partial charge in [0.2, 0.25) is 5.91 Å². The quantitative estimate of drug-likeness (QED) is 0.855. The minimum atomic E-state index is -0.238. The summed E-state index contributed by atoms with van der Waals surface area (Å²) in [5, 5.41) is 11.1. The fraction of sp³-hybridized carbons (Fsp3) is 0.474. The minimum Gasteiger partial charge on any atom is -0.350 e. The summed E-state index contributed by atoms with van der Waals surface area (Å²) >= 11 is 0. The maximum absolute atomic E-state index is 12.5. The van der Waals surface area contributed by atoms with Crippen molar-refractivity contribution < 1.29 is 9.59 Å². The summed E-state index contributed by atoms with van der Waals surface area (Å²) in [6.07, 6.45) is 2.99. The first-order valence-electron chi connectivity index (χ1n) is 9.15. The predicted molar refractivity (Wildman–Crippen MR) is 95.8 cm³/mol. The van der Waals surface area contributed by atoms with E-state index in [4.69, 9.17) is 0 Å². The van der Waals surface area contributed by atoms with Gasteiger partial charge in [0.1, 0.15) is 0 Å². The van der Waals surface area contributed by atoms with Crippen molar-refractivity contribution in [1.82, 2.24) is 25.2 Å². The maximum atomic E-state index is 12.5. The number of benzene rings is 1. The van der Waals surface area contributed by atoms with E-state index in [-0.39, 0.29) is 17.7 Å². The van der Waals surface area contributed by atoms with Crippen LogP contribution in [0, 0.1) is 18.8 Å². The molecule has 136 valence electrons. The van der Waals surface area contributed by atoms with Crippen LogP contribution in [0.3, 0.4) is 0 Å². The number of para-hydroxylation sites is 1. The van der Waals surface area contributed by atoms with Crippen LogP contribution in [0.1, 0.15) is 35.4 Å². The highest BCUT2D eigenvalue weighted by atomic mass is 16.2. The van der Waals surface area contributed by atoms with Crippen LogP contribution in [-0.2, 0) is 4.79 Å². The molecule has 2 amide bonds. The van der Waals surface area contributed by atoms with Crippen LogP contribution in [0.4, 0.5) is 0 Å². The second-order valence-electron chi connectivity index (χ2n) is 7.29. The van der Waals surface area contributed by atoms with Gasteiger partial charge in [0, 0.05) is 32.0 Å². The fourth-order valence-corrected chi connectivity index (χ4v) is 3.45. The van der Waals surface area contributed by atoms with Crippen LogP contribution in [0.15, 0.2) is 30.3 Å². The first-order chi connectivity index (χ1) is 12.6. The van der Waals surface area contributed by atoms with Gasteiger partial charge in [-0.1, -0.05) is 23.4 Å². The number of hydrogen-bond donors (Lipinski definition) is 1. The van der Waals surface area contributed by atoms with Crippen molar-refractivity contribution in [3.05, 3.63) is 41.7 Å². The van der Waals surface area contributed by atoms with Crippen LogP contribution in [0.2, 0.25) is 0 Å². The zero-order chi connectivity index (χ0) is 18.1. The Balaban J connectivity index is 1.35. The zero-order valence-electron chi connectivity index (χ0n) is 14.9. The molecule has 1 atom stereocenters. The number of likely N-dealkylation sites (tertiary alicyclic amines) is 1. The lowest BCUT2D eigenvalue weighted by Crippen LogP contribution is -2.32. The number of nitrogens with zero attached hydrogens (tertiary/aromatic N) is 4. The molecule has 1 saturated carbocycles. The molecule has 0 bridgehead atoms. The Morgan fingerprint density at radius 3 is 2.73 bits per heavy atom. The van der Waals surface area contributed by atoms with E-state index in [9.17, 15) is 9.59 Å². The SMILES string of the molecule is Cc1c(C(=O)NCC2CC(=O)N(CC3CC3)C2)nnn1-c1ccccc1. The predicted octanol–water partition coefficient (Wildman–Crippen LogP) is 1.56. The van der Waals surface area contributed by atoms with Gasteiger partial charge in [0.15, 0.2) is 5.69 Å². The standard InChI is InChI=1S/C19H23N5O2/c1-13-18(21-22-24(13)16-5-3-2-4-6-16)19(26)20-10-15-9-17(25)23(12-15)11-14-7-8-14/h2-6,14-15H,7-12H2,1H3,(H,20,26). The number of carbonyl (C=O) groups is 2. The zero-order valence-corrected chi connectivity index (χ0v) is 14.9. The maximum Gasteiger partial charge on any atom is 0.273 e. The molecule has 0 spiro atoms. The van der Waals surface area contributed by atoms with Crippen LogP contribution in [-0.4, -0.2) is 51.3 Å². The molecule has 4 rings (SSSR count). The molecule has 0 radical (unpaired) electrons. The van der Waals surface area contributed by atoms with E-state index < -0.39 is 0 Å². The highest BCUT2D eigenvalue weighted by molar-refractivity contribution is 5.93. The molecule has 2 aliphatic rings. The summed E-state index contributed by atoms with van der Waals surface area (Å²) in [4.78, 5) is 26.5. The van der Waals surface area contributed by atoms with Crippen LogP contribution in [0.25, 0.3) is 5.69 Å². The second kappa shape index (κ2) is 6.90. The van der Waals surface area contributed by atoms with E-state index >= 15 is 0 Å². The molecule has 7 nitrogen and oxygen atoms in total. The van der Waals surface area contributed by atoms with Gasteiger partial charge < -0.3 is 10.2 Å². The lowest BCUT2D eigenvalue weighted by atomic mass is 10.1. The topological polar surface area (TPSA) is 80.1 Å². The molecule has 1 unspecified atom stereocenters. The number of carbonyl (C=O) groups excluding carboxylic acids is 2. The molecule has 1 N–H and O–H groups in total. The fourth-order valence-electron chi connectivity index (χ4n) is 3.45. The van der Waals surface area contributed by atoms with Crippen LogP contribution < -0.4 is 5.32 Å². The summed E-state index contributed by atoms with van der Waals surface area (Å²) in [6, 6.07) is 9.60. The van der Waals surface area contributed by atoms with Gasteiger partial charge in [-0.25, -0.2) is 4.68 Å². The molecule has 1 saturated heterocycles. The molecule has 2 fully saturated rings. The van der Waals surface area contributed by atoms with E-state index in [0.29, 0.717) is 30.3 Å². The summed E-state index contributed by atoms with van der Waals surface area (Å²) in [5.74, 6) is 0.845. The van der Waals surface area contributed by atoms with Crippen molar-refractivity contribution >= 4 is 11.8 Å². The summed E-state index contributed by atoms with van der Waals surface area (Å²) < 4.78 is 1.66. The van der Waals surface area contributed by atoms with Gasteiger partial charge in [-0.2, -0.15) is 0 Å². The van der Waals surface area contributed by atoms with Gasteiger partial charge in [0.05, 0.1) is 11.4 Å². The van der Waals surface area contributed by atoms with E-state index in [0.717, 1.165) is 18.8 Å². The van der Waals surface area contributed by atoms with Crippen molar-refractivity contribution in [3.63, 3.8) is 0 Å². The Morgan fingerprint density at radius 2 is 2.00 bits per heavy atom. The summed E-state index contributed by atoms with van der Waals surface area (Å²) in [5.41, 5.74) is 1.90. The average molecular weight is 353 g/mol. The Hall–Kier alpha value is -2.70. The normalized spacial score (nSPS) is 19.8. The van der Waals surface area contributed by atoms with Gasteiger partial charge in [-0.3, -0.25) is 9.59 Å². The highest BCUT2D eigenvalue weighted by Gasteiger charge is 2.34. The van der Waals surface area contributed by atoms with E-state index in [1.54, 1.807) is 4.68 Å². The number of hydrogen-bond acceptors (Lipinski definition) is 4. The van der Waals surface area contributed by atoms with Gasteiger partial charge in [0.25, 0.3) is 5.91 Å². The Labute approximate surface area is 152 Å². The smallest absolute Gasteiger partial charge is 0.273 e. The molecule has 1 aliphatic heterocycles. The van der Waals surface area contributed by atoms with Crippen molar-refractivity contribution in [1.29, 1.82) is 0 Å². The first kappa shape index (κ1) is 16.8. The van der Waals surface area contributed by atoms with Gasteiger partial charge in [-0.05, 0) is 37.8 Å². The largest absolute Gasteiger partial charge is 0.350 e. The molecule has 2 heterocycles. The Kier molecular flexibility index (Phi) is 4.44. The number of amides is 2. The lowest BCUT2D eigenvalue weighted by Gasteiger charge is -2.16. The molecule has 2 aromatic rings. The molecule has 26 heavy (non-hydrogen) atoms. The summed E-state index contributed by atoms with van der Waals surface area (Å²) in [6.45, 7) is 3.95. The highest BCUT2D eigenvalue weighted by Crippen LogP contribution is 2.31. The van der Waals surface area contributed by atoms with E-state index in [2.05, 4.69) is 15.6 Å². The molecule has 7 heteroatoms. The second-order valence-corrected chi connectivity index (χ2v) is 7.29. The first-order valence-corrected chi connectivity index (χ1v) is 9.15. The monoisotopic (exact) mass is 353 g/mol. The van der Waals surface area contributed by atoms with Crippen molar-refractivity contribution in [2.75, 3.05) is 19.6 Å². The van der Waals surface area contributed by atoms with Crippen LogP contribution >= 0.6 is 0 Å². The molecule has 1 aromatic carbocycles. The van der Waals surface area contributed by atoms with Crippen molar-refractivity contribution in [2.45, 2.75) is 26.2 Å². The van der Waals surface area contributed by atoms with Gasteiger partial charge in [-0.15, -0.1) is 5.10 Å². The average Bonchev–Trinajstić information content (AvgIpc) is 3.28. The van der Waals surface area contributed by atoms with Crippen molar-refractivity contribution in [3.8, 4) is 5.69 Å². The third-order valence-electron chi connectivity index (χ3n) is 5.13.